The third kappa shape index (κ3) is 1.84. The molecular weight excluding hydrogens is 226 g/mol. The molecule has 1 saturated carbocycles. The highest BCUT2D eigenvalue weighted by atomic mass is 15.4. The molecule has 2 heterocycles. The number of hydrogen-bond acceptors (Lipinski definition) is 4. The summed E-state index contributed by atoms with van der Waals surface area (Å²) < 4.78 is 1.88. The average molecular weight is 245 g/mol. The standard InChI is InChI=1S/C13H19N5/c1-9-4-3-5-12-15-13(16-18(9)12)17(2)11(8-14)10-6-7-10/h3-5,10-11H,6-8,14H2,1-2H3. The van der Waals surface area contributed by atoms with E-state index in [9.17, 15) is 0 Å². The summed E-state index contributed by atoms with van der Waals surface area (Å²) in [6.07, 6.45) is 2.55. The number of likely N-dealkylation sites (N-methyl/N-ethyl adjacent to an activating group) is 1. The van der Waals surface area contributed by atoms with Crippen LogP contribution >= 0.6 is 0 Å². The zero-order chi connectivity index (χ0) is 12.7. The summed E-state index contributed by atoms with van der Waals surface area (Å²) in [7, 11) is 2.04. The summed E-state index contributed by atoms with van der Waals surface area (Å²) in [5.74, 6) is 1.49. The molecule has 0 bridgehead atoms. The lowest BCUT2D eigenvalue weighted by Crippen LogP contribution is -2.40. The van der Waals surface area contributed by atoms with Crippen LogP contribution in [0, 0.1) is 12.8 Å². The van der Waals surface area contributed by atoms with Crippen LogP contribution < -0.4 is 10.6 Å². The molecule has 96 valence electrons. The minimum atomic E-state index is 0.364. The van der Waals surface area contributed by atoms with E-state index in [1.54, 1.807) is 0 Å². The second-order valence-corrected chi connectivity index (χ2v) is 5.10. The van der Waals surface area contributed by atoms with E-state index in [-0.39, 0.29) is 0 Å². The van der Waals surface area contributed by atoms with Gasteiger partial charge in [-0.05, 0) is 37.8 Å². The molecule has 2 aromatic rings. The maximum absolute atomic E-state index is 5.87. The highest BCUT2D eigenvalue weighted by molar-refractivity contribution is 5.46. The third-order valence-corrected chi connectivity index (χ3v) is 3.76. The van der Waals surface area contributed by atoms with E-state index in [4.69, 9.17) is 5.73 Å². The molecule has 2 aromatic heterocycles. The predicted molar refractivity (Wildman–Crippen MR) is 71.7 cm³/mol. The van der Waals surface area contributed by atoms with Crippen molar-refractivity contribution in [2.24, 2.45) is 11.7 Å². The van der Waals surface area contributed by atoms with E-state index in [0.717, 1.165) is 17.3 Å². The molecule has 0 aromatic carbocycles. The SMILES string of the molecule is Cc1cccc2nc(N(C)C(CN)C3CC3)nn12. The van der Waals surface area contributed by atoms with Gasteiger partial charge in [0.2, 0.25) is 5.95 Å². The number of aromatic nitrogens is 3. The molecule has 0 amide bonds. The van der Waals surface area contributed by atoms with Crippen LogP contribution in [0.1, 0.15) is 18.5 Å². The second kappa shape index (κ2) is 4.24. The Bertz CT molecular complexity index is 558. The number of rotatable bonds is 4. The Hall–Kier alpha value is -1.62. The second-order valence-electron chi connectivity index (χ2n) is 5.10. The summed E-state index contributed by atoms with van der Waals surface area (Å²) >= 11 is 0. The molecule has 1 aliphatic carbocycles. The summed E-state index contributed by atoms with van der Waals surface area (Å²) in [5.41, 5.74) is 7.86. The number of pyridine rings is 1. The van der Waals surface area contributed by atoms with Gasteiger partial charge in [0, 0.05) is 25.3 Å². The Balaban J connectivity index is 1.95. The largest absolute Gasteiger partial charge is 0.338 e. The topological polar surface area (TPSA) is 59.5 Å². The smallest absolute Gasteiger partial charge is 0.245 e. The van der Waals surface area contributed by atoms with Crippen LogP contribution in [0.2, 0.25) is 0 Å². The number of nitrogens with two attached hydrogens (primary N) is 1. The number of nitrogens with zero attached hydrogens (tertiary/aromatic N) is 4. The summed E-state index contributed by atoms with van der Waals surface area (Å²) in [6.45, 7) is 2.70. The average Bonchev–Trinajstić information content (AvgIpc) is 3.08. The van der Waals surface area contributed by atoms with Crippen molar-refractivity contribution in [2.45, 2.75) is 25.8 Å². The van der Waals surface area contributed by atoms with Gasteiger partial charge in [0.1, 0.15) is 0 Å². The first kappa shape index (κ1) is 11.5. The van der Waals surface area contributed by atoms with Crippen molar-refractivity contribution in [3.63, 3.8) is 0 Å². The van der Waals surface area contributed by atoms with Crippen molar-refractivity contribution < 1.29 is 0 Å². The van der Waals surface area contributed by atoms with Crippen LogP contribution in [0.3, 0.4) is 0 Å². The quantitative estimate of drug-likeness (QED) is 0.879. The van der Waals surface area contributed by atoms with E-state index >= 15 is 0 Å². The Morgan fingerprint density at radius 3 is 2.89 bits per heavy atom. The molecule has 1 fully saturated rings. The van der Waals surface area contributed by atoms with Crippen LogP contribution in [0.15, 0.2) is 18.2 Å². The number of aryl methyl sites for hydroxylation is 1. The molecule has 1 atom stereocenters. The first-order chi connectivity index (χ1) is 8.70. The predicted octanol–water partition coefficient (Wildman–Crippen LogP) is 1.21. The van der Waals surface area contributed by atoms with E-state index in [0.29, 0.717) is 18.5 Å². The van der Waals surface area contributed by atoms with E-state index in [1.165, 1.54) is 12.8 Å². The van der Waals surface area contributed by atoms with Gasteiger partial charge in [-0.25, -0.2) is 4.52 Å². The highest BCUT2D eigenvalue weighted by Gasteiger charge is 2.34. The lowest BCUT2D eigenvalue weighted by molar-refractivity contribution is 0.561. The maximum atomic E-state index is 5.87. The number of hydrogen-bond donors (Lipinski definition) is 1. The van der Waals surface area contributed by atoms with Crippen LogP contribution in [0.4, 0.5) is 5.95 Å². The number of fused-ring (bicyclic) bond motifs is 1. The lowest BCUT2D eigenvalue weighted by Gasteiger charge is -2.25. The molecule has 18 heavy (non-hydrogen) atoms. The summed E-state index contributed by atoms with van der Waals surface area (Å²) in [4.78, 5) is 6.70. The molecular formula is C13H19N5. The molecule has 5 nitrogen and oxygen atoms in total. The van der Waals surface area contributed by atoms with Crippen LogP contribution in [-0.2, 0) is 0 Å². The van der Waals surface area contributed by atoms with Crippen molar-refractivity contribution in [1.82, 2.24) is 14.6 Å². The minimum Gasteiger partial charge on any atom is -0.338 e. The van der Waals surface area contributed by atoms with Gasteiger partial charge < -0.3 is 10.6 Å². The van der Waals surface area contributed by atoms with Gasteiger partial charge in [0.15, 0.2) is 5.65 Å². The zero-order valence-electron chi connectivity index (χ0n) is 10.9. The summed E-state index contributed by atoms with van der Waals surface area (Å²) in [5, 5.41) is 4.57. The van der Waals surface area contributed by atoms with Crippen molar-refractivity contribution >= 4 is 11.6 Å². The van der Waals surface area contributed by atoms with Gasteiger partial charge >= 0.3 is 0 Å². The Labute approximate surface area is 107 Å². The molecule has 0 radical (unpaired) electrons. The van der Waals surface area contributed by atoms with Gasteiger partial charge in [0.05, 0.1) is 0 Å². The Morgan fingerprint density at radius 2 is 2.28 bits per heavy atom. The molecule has 0 aliphatic heterocycles. The van der Waals surface area contributed by atoms with E-state index < -0.39 is 0 Å². The normalized spacial score (nSPS) is 17.1. The minimum absolute atomic E-state index is 0.364. The van der Waals surface area contributed by atoms with Gasteiger partial charge in [-0.3, -0.25) is 0 Å². The van der Waals surface area contributed by atoms with Gasteiger partial charge in [-0.2, -0.15) is 4.98 Å². The van der Waals surface area contributed by atoms with Crippen molar-refractivity contribution in [3.8, 4) is 0 Å². The Morgan fingerprint density at radius 1 is 1.50 bits per heavy atom. The third-order valence-electron chi connectivity index (χ3n) is 3.76. The molecule has 2 N–H and O–H groups in total. The fourth-order valence-corrected chi connectivity index (χ4v) is 2.47. The van der Waals surface area contributed by atoms with Crippen LogP contribution in [-0.4, -0.2) is 34.2 Å². The fraction of sp³-hybridized carbons (Fsp3) is 0.538. The molecule has 1 unspecified atom stereocenters. The Kier molecular flexibility index (Phi) is 2.70. The van der Waals surface area contributed by atoms with Crippen LogP contribution in [0.25, 0.3) is 5.65 Å². The molecule has 1 aliphatic rings. The van der Waals surface area contributed by atoms with Crippen molar-refractivity contribution in [1.29, 1.82) is 0 Å². The molecule has 0 saturated heterocycles. The van der Waals surface area contributed by atoms with Gasteiger partial charge in [0.25, 0.3) is 0 Å². The first-order valence-electron chi connectivity index (χ1n) is 6.46. The van der Waals surface area contributed by atoms with Crippen molar-refractivity contribution in [2.75, 3.05) is 18.5 Å². The van der Waals surface area contributed by atoms with E-state index in [2.05, 4.69) is 15.0 Å². The van der Waals surface area contributed by atoms with Crippen molar-refractivity contribution in [3.05, 3.63) is 23.9 Å². The summed E-state index contributed by atoms with van der Waals surface area (Å²) in [6, 6.07) is 6.38. The number of anilines is 1. The highest BCUT2D eigenvalue weighted by Crippen LogP contribution is 2.35. The molecule has 0 spiro atoms. The maximum Gasteiger partial charge on any atom is 0.245 e. The zero-order valence-corrected chi connectivity index (χ0v) is 10.9. The fourth-order valence-electron chi connectivity index (χ4n) is 2.47. The monoisotopic (exact) mass is 245 g/mol. The van der Waals surface area contributed by atoms with Gasteiger partial charge in [-0.1, -0.05) is 6.07 Å². The first-order valence-corrected chi connectivity index (χ1v) is 6.46. The molecule has 5 heteroatoms. The molecule has 3 rings (SSSR count). The lowest BCUT2D eigenvalue weighted by atomic mass is 10.2. The van der Waals surface area contributed by atoms with Gasteiger partial charge in [-0.15, -0.1) is 5.10 Å². The van der Waals surface area contributed by atoms with E-state index in [1.807, 2.05) is 36.7 Å². The van der Waals surface area contributed by atoms with Crippen LogP contribution in [0.5, 0.6) is 0 Å².